The standard InChI is InChI=1S/C27H29ClN4O2/c1-16-7-8-19(10-23(16)28)25(11-26(29)33)31-12-20-14-32(15-21(20)13-31)27(34)22-9-18-5-3-4-6-24(18)30-17(22)2/h3-10,20-21,25H,11-15H2,1-2H3,(H2,29,33). The molecule has 2 aliphatic rings. The molecule has 3 atom stereocenters. The van der Waals surface area contributed by atoms with Crippen molar-refractivity contribution in [1.29, 1.82) is 0 Å². The Hall–Kier alpha value is -2.96. The Morgan fingerprint density at radius 1 is 1.06 bits per heavy atom. The first-order chi connectivity index (χ1) is 16.3. The molecule has 1 aromatic heterocycles. The number of benzene rings is 2. The van der Waals surface area contributed by atoms with Gasteiger partial charge in [0.25, 0.3) is 5.91 Å². The van der Waals surface area contributed by atoms with Crippen LogP contribution in [0.25, 0.3) is 10.9 Å². The Kier molecular flexibility index (Phi) is 6.04. The van der Waals surface area contributed by atoms with E-state index in [2.05, 4.69) is 9.88 Å². The molecule has 2 fully saturated rings. The zero-order valence-corrected chi connectivity index (χ0v) is 20.3. The maximum absolute atomic E-state index is 13.4. The van der Waals surface area contributed by atoms with Gasteiger partial charge in [-0.1, -0.05) is 41.9 Å². The number of pyridine rings is 1. The average molecular weight is 477 g/mol. The molecule has 34 heavy (non-hydrogen) atoms. The van der Waals surface area contributed by atoms with Gasteiger partial charge in [-0.15, -0.1) is 0 Å². The lowest BCUT2D eigenvalue weighted by Crippen LogP contribution is -2.36. The predicted molar refractivity (Wildman–Crippen MR) is 134 cm³/mol. The molecule has 2 N–H and O–H groups in total. The third-order valence-corrected chi connectivity index (χ3v) is 7.77. The van der Waals surface area contributed by atoms with E-state index in [-0.39, 0.29) is 24.3 Å². The molecule has 7 heteroatoms. The molecule has 2 aromatic carbocycles. The fourth-order valence-corrected chi connectivity index (χ4v) is 5.70. The number of nitrogens with zero attached hydrogens (tertiary/aromatic N) is 3. The van der Waals surface area contributed by atoms with Crippen molar-refractivity contribution in [2.24, 2.45) is 17.6 Å². The largest absolute Gasteiger partial charge is 0.370 e. The molecule has 176 valence electrons. The molecule has 3 aromatic rings. The number of halogens is 1. The highest BCUT2D eigenvalue weighted by Gasteiger charge is 2.44. The van der Waals surface area contributed by atoms with Crippen molar-refractivity contribution in [2.45, 2.75) is 26.3 Å². The van der Waals surface area contributed by atoms with Crippen LogP contribution in [-0.2, 0) is 4.79 Å². The molecule has 0 spiro atoms. The molecule has 2 amide bonds. The van der Waals surface area contributed by atoms with E-state index in [1.54, 1.807) is 0 Å². The topological polar surface area (TPSA) is 79.5 Å². The summed E-state index contributed by atoms with van der Waals surface area (Å²) in [6.45, 7) is 6.95. The van der Waals surface area contributed by atoms with Crippen LogP contribution < -0.4 is 5.73 Å². The molecule has 0 saturated carbocycles. The number of primary amides is 1. The van der Waals surface area contributed by atoms with Gasteiger partial charge in [0.15, 0.2) is 0 Å². The van der Waals surface area contributed by atoms with Gasteiger partial charge in [0.05, 0.1) is 16.8 Å². The first-order valence-corrected chi connectivity index (χ1v) is 12.1. The van der Waals surface area contributed by atoms with Gasteiger partial charge in [0.2, 0.25) is 5.91 Å². The molecule has 0 bridgehead atoms. The van der Waals surface area contributed by atoms with E-state index in [1.807, 2.05) is 67.3 Å². The van der Waals surface area contributed by atoms with Crippen molar-refractivity contribution in [2.75, 3.05) is 26.2 Å². The lowest BCUT2D eigenvalue weighted by Gasteiger charge is -2.29. The number of fused-ring (bicyclic) bond motifs is 2. The molecular weight excluding hydrogens is 448 g/mol. The van der Waals surface area contributed by atoms with Crippen LogP contribution in [0.3, 0.4) is 0 Å². The number of aryl methyl sites for hydroxylation is 2. The summed E-state index contributed by atoms with van der Waals surface area (Å²) in [6.07, 6.45) is 0.253. The van der Waals surface area contributed by atoms with Gasteiger partial charge in [0, 0.05) is 49.1 Å². The highest BCUT2D eigenvalue weighted by atomic mass is 35.5. The van der Waals surface area contributed by atoms with Crippen molar-refractivity contribution in [3.05, 3.63) is 75.9 Å². The number of amides is 2. The molecule has 0 aliphatic carbocycles. The fourth-order valence-electron chi connectivity index (χ4n) is 5.51. The van der Waals surface area contributed by atoms with Crippen LogP contribution in [0.2, 0.25) is 5.02 Å². The van der Waals surface area contributed by atoms with E-state index in [1.165, 1.54) is 0 Å². The minimum absolute atomic E-state index is 0.0516. The van der Waals surface area contributed by atoms with Crippen LogP contribution >= 0.6 is 11.6 Å². The van der Waals surface area contributed by atoms with Crippen LogP contribution in [0, 0.1) is 25.7 Å². The Labute approximate surface area is 204 Å². The second-order valence-corrected chi connectivity index (χ2v) is 10.1. The quantitative estimate of drug-likeness (QED) is 0.600. The van der Waals surface area contributed by atoms with Gasteiger partial charge < -0.3 is 10.6 Å². The molecule has 5 rings (SSSR count). The van der Waals surface area contributed by atoms with Gasteiger partial charge in [-0.25, -0.2) is 0 Å². The van der Waals surface area contributed by atoms with E-state index in [9.17, 15) is 9.59 Å². The SMILES string of the molecule is Cc1ccc(C(CC(N)=O)N2CC3CN(C(=O)c4cc5ccccc5nc4C)CC3C2)cc1Cl. The zero-order chi connectivity index (χ0) is 24.0. The smallest absolute Gasteiger partial charge is 0.255 e. The van der Waals surface area contributed by atoms with Crippen molar-refractivity contribution in [3.8, 4) is 0 Å². The number of aromatic nitrogens is 1. The first kappa shape index (κ1) is 22.8. The molecule has 3 heterocycles. The fraction of sp³-hybridized carbons (Fsp3) is 0.370. The zero-order valence-electron chi connectivity index (χ0n) is 19.5. The van der Waals surface area contributed by atoms with Crippen LogP contribution in [0.15, 0.2) is 48.5 Å². The lowest BCUT2D eigenvalue weighted by atomic mass is 10.0. The number of rotatable bonds is 5. The minimum Gasteiger partial charge on any atom is -0.370 e. The van der Waals surface area contributed by atoms with Gasteiger partial charge in [-0.05, 0) is 55.0 Å². The third kappa shape index (κ3) is 4.28. The van der Waals surface area contributed by atoms with Gasteiger partial charge >= 0.3 is 0 Å². The summed E-state index contributed by atoms with van der Waals surface area (Å²) in [5, 5.41) is 1.68. The minimum atomic E-state index is -0.324. The van der Waals surface area contributed by atoms with E-state index in [4.69, 9.17) is 17.3 Å². The second-order valence-electron chi connectivity index (χ2n) is 9.69. The summed E-state index contributed by atoms with van der Waals surface area (Å²) in [4.78, 5) is 34.2. The molecule has 6 nitrogen and oxygen atoms in total. The predicted octanol–water partition coefficient (Wildman–Crippen LogP) is 4.13. The van der Waals surface area contributed by atoms with E-state index >= 15 is 0 Å². The van der Waals surface area contributed by atoms with Gasteiger partial charge in [-0.2, -0.15) is 0 Å². The molecule has 3 unspecified atom stereocenters. The summed E-state index contributed by atoms with van der Waals surface area (Å²) >= 11 is 6.37. The van der Waals surface area contributed by atoms with Crippen LogP contribution in [-0.4, -0.2) is 52.8 Å². The van der Waals surface area contributed by atoms with Crippen molar-refractivity contribution < 1.29 is 9.59 Å². The number of nitrogens with two attached hydrogens (primary N) is 1. The average Bonchev–Trinajstić information content (AvgIpc) is 3.38. The van der Waals surface area contributed by atoms with Crippen molar-refractivity contribution >= 4 is 34.3 Å². The van der Waals surface area contributed by atoms with Gasteiger partial charge in [0.1, 0.15) is 0 Å². The number of carbonyl (C=O) groups excluding carboxylic acids is 2. The molecular formula is C27H29ClN4O2. The van der Waals surface area contributed by atoms with Crippen LogP contribution in [0.4, 0.5) is 0 Å². The number of likely N-dealkylation sites (tertiary alicyclic amines) is 2. The third-order valence-electron chi connectivity index (χ3n) is 7.36. The number of carbonyl (C=O) groups is 2. The maximum atomic E-state index is 13.4. The summed E-state index contributed by atoms with van der Waals surface area (Å²) in [6, 6.07) is 15.7. The molecule has 2 saturated heterocycles. The molecule has 0 radical (unpaired) electrons. The normalized spacial score (nSPS) is 21.1. The van der Waals surface area contributed by atoms with Gasteiger partial charge in [-0.3, -0.25) is 19.5 Å². The first-order valence-electron chi connectivity index (χ1n) is 11.7. The Balaban J connectivity index is 1.31. The number of para-hydroxylation sites is 1. The summed E-state index contributed by atoms with van der Waals surface area (Å²) in [5.41, 5.74) is 9.97. The van der Waals surface area contributed by atoms with E-state index in [0.29, 0.717) is 35.5 Å². The molecule has 2 aliphatic heterocycles. The van der Waals surface area contributed by atoms with Crippen molar-refractivity contribution in [3.63, 3.8) is 0 Å². The van der Waals surface area contributed by atoms with E-state index < -0.39 is 0 Å². The monoisotopic (exact) mass is 476 g/mol. The Morgan fingerprint density at radius 2 is 1.76 bits per heavy atom. The van der Waals surface area contributed by atoms with E-state index in [0.717, 1.165) is 40.8 Å². The highest BCUT2D eigenvalue weighted by molar-refractivity contribution is 6.31. The highest BCUT2D eigenvalue weighted by Crippen LogP contribution is 2.38. The maximum Gasteiger partial charge on any atom is 0.255 e. The second kappa shape index (κ2) is 9.01. The summed E-state index contributed by atoms with van der Waals surface area (Å²) < 4.78 is 0. The summed E-state index contributed by atoms with van der Waals surface area (Å²) in [7, 11) is 0. The Morgan fingerprint density at radius 3 is 2.44 bits per heavy atom. The summed E-state index contributed by atoms with van der Waals surface area (Å²) in [5.74, 6) is 0.466. The Bertz CT molecular complexity index is 1260. The number of hydrogen-bond acceptors (Lipinski definition) is 4. The number of hydrogen-bond donors (Lipinski definition) is 1. The van der Waals surface area contributed by atoms with Crippen LogP contribution in [0.5, 0.6) is 0 Å². The lowest BCUT2D eigenvalue weighted by molar-refractivity contribution is -0.119. The van der Waals surface area contributed by atoms with Crippen molar-refractivity contribution in [1.82, 2.24) is 14.8 Å². The van der Waals surface area contributed by atoms with Crippen LogP contribution in [0.1, 0.15) is 39.6 Å².